The van der Waals surface area contributed by atoms with Crippen LogP contribution in [-0.2, 0) is 28.6 Å². The van der Waals surface area contributed by atoms with Gasteiger partial charge in [-0.1, -0.05) is 282 Å². The normalized spacial score (nSPS) is 12.2. The minimum absolute atomic E-state index is 0.0706. The van der Waals surface area contributed by atoms with Crippen LogP contribution in [0.1, 0.15) is 342 Å². The number of ether oxygens (including phenoxy) is 3. The number of carbonyl (C=O) groups is 3. The highest BCUT2D eigenvalue weighted by Gasteiger charge is 2.19. The SMILES string of the molecule is CCCCCC/C=C\CCCCCCCC(=O)OC(COC(=O)CCCCCCCCCCCCC)COC(=O)CCCCCCCCCCCCCCCCCCC/C=C\C/C=C\CCCCCCC. The molecular weight excluding hydrogens is 877 g/mol. The molecule has 6 nitrogen and oxygen atoms in total. The van der Waals surface area contributed by atoms with Crippen molar-refractivity contribution in [2.24, 2.45) is 0 Å². The zero-order chi connectivity index (χ0) is 51.4. The molecule has 71 heavy (non-hydrogen) atoms. The average Bonchev–Trinajstić information content (AvgIpc) is 3.37. The average molecular weight is 998 g/mol. The smallest absolute Gasteiger partial charge is 0.306 e. The minimum atomic E-state index is -0.771. The van der Waals surface area contributed by atoms with Gasteiger partial charge in [0.2, 0.25) is 0 Å². The van der Waals surface area contributed by atoms with Crippen molar-refractivity contribution < 1.29 is 28.6 Å². The van der Waals surface area contributed by atoms with Gasteiger partial charge in [0.25, 0.3) is 0 Å². The summed E-state index contributed by atoms with van der Waals surface area (Å²) in [6, 6.07) is 0. The third kappa shape index (κ3) is 58.4. The monoisotopic (exact) mass is 997 g/mol. The van der Waals surface area contributed by atoms with Gasteiger partial charge in [-0.25, -0.2) is 0 Å². The minimum Gasteiger partial charge on any atom is -0.462 e. The largest absolute Gasteiger partial charge is 0.462 e. The third-order valence-corrected chi connectivity index (χ3v) is 14.1. The number of carbonyl (C=O) groups excluding carboxylic acids is 3. The molecule has 0 spiro atoms. The molecule has 0 bridgehead atoms. The highest BCUT2D eigenvalue weighted by molar-refractivity contribution is 5.71. The van der Waals surface area contributed by atoms with E-state index in [4.69, 9.17) is 14.2 Å². The van der Waals surface area contributed by atoms with E-state index >= 15 is 0 Å². The van der Waals surface area contributed by atoms with Crippen LogP contribution in [0.3, 0.4) is 0 Å². The van der Waals surface area contributed by atoms with Gasteiger partial charge < -0.3 is 14.2 Å². The summed E-state index contributed by atoms with van der Waals surface area (Å²) in [7, 11) is 0. The second-order valence-corrected chi connectivity index (χ2v) is 21.3. The van der Waals surface area contributed by atoms with Crippen molar-refractivity contribution in [3.8, 4) is 0 Å². The quantitative estimate of drug-likeness (QED) is 0.0261. The fourth-order valence-corrected chi connectivity index (χ4v) is 9.35. The maximum absolute atomic E-state index is 12.8. The van der Waals surface area contributed by atoms with Crippen molar-refractivity contribution in [3.05, 3.63) is 36.5 Å². The van der Waals surface area contributed by atoms with Crippen molar-refractivity contribution in [2.45, 2.75) is 348 Å². The molecule has 0 heterocycles. The molecule has 0 N–H and O–H groups in total. The lowest BCUT2D eigenvalue weighted by Gasteiger charge is -2.18. The van der Waals surface area contributed by atoms with Crippen LogP contribution in [0.25, 0.3) is 0 Å². The molecular formula is C65H120O6. The summed E-state index contributed by atoms with van der Waals surface area (Å²) in [5.74, 6) is -0.861. The van der Waals surface area contributed by atoms with Gasteiger partial charge in [-0.3, -0.25) is 14.4 Å². The lowest BCUT2D eigenvalue weighted by molar-refractivity contribution is -0.167. The summed E-state index contributed by atoms with van der Waals surface area (Å²) in [6.07, 6.45) is 73.1. The van der Waals surface area contributed by atoms with Gasteiger partial charge in [0.1, 0.15) is 13.2 Å². The predicted molar refractivity (Wildman–Crippen MR) is 307 cm³/mol. The highest BCUT2D eigenvalue weighted by atomic mass is 16.6. The fraction of sp³-hybridized carbons (Fsp3) is 0.862. The highest BCUT2D eigenvalue weighted by Crippen LogP contribution is 2.17. The van der Waals surface area contributed by atoms with E-state index in [0.717, 1.165) is 70.6 Å². The van der Waals surface area contributed by atoms with Gasteiger partial charge in [-0.15, -0.1) is 0 Å². The Hall–Kier alpha value is -2.37. The number of allylic oxidation sites excluding steroid dienone is 6. The molecule has 0 aromatic carbocycles. The molecule has 0 saturated carbocycles. The molecule has 416 valence electrons. The summed E-state index contributed by atoms with van der Waals surface area (Å²) in [4.78, 5) is 38.1. The number of unbranched alkanes of at least 4 members (excludes halogenated alkanes) is 41. The van der Waals surface area contributed by atoms with E-state index in [2.05, 4.69) is 57.2 Å². The Kier molecular flexibility index (Phi) is 58.2. The van der Waals surface area contributed by atoms with Crippen molar-refractivity contribution in [1.29, 1.82) is 0 Å². The van der Waals surface area contributed by atoms with Crippen molar-refractivity contribution in [3.63, 3.8) is 0 Å². The summed E-state index contributed by atoms with van der Waals surface area (Å²) in [5, 5.41) is 0. The topological polar surface area (TPSA) is 78.9 Å². The van der Waals surface area contributed by atoms with Crippen LogP contribution in [0, 0.1) is 0 Å². The number of esters is 3. The van der Waals surface area contributed by atoms with Gasteiger partial charge in [0.15, 0.2) is 6.10 Å². The second-order valence-electron chi connectivity index (χ2n) is 21.3. The first-order valence-electron chi connectivity index (χ1n) is 31.5. The van der Waals surface area contributed by atoms with Crippen LogP contribution < -0.4 is 0 Å². The van der Waals surface area contributed by atoms with E-state index in [9.17, 15) is 14.4 Å². The Morgan fingerprint density at radius 2 is 0.507 bits per heavy atom. The molecule has 0 radical (unpaired) electrons. The molecule has 1 atom stereocenters. The van der Waals surface area contributed by atoms with E-state index in [1.807, 2.05) is 0 Å². The van der Waals surface area contributed by atoms with Gasteiger partial charge in [0, 0.05) is 19.3 Å². The molecule has 0 aliphatic rings. The first-order valence-corrected chi connectivity index (χ1v) is 31.5. The standard InChI is InChI=1S/C65H120O6/c1-4-7-10-13-16-19-22-24-25-26-27-28-29-30-31-32-33-34-35-36-37-38-39-41-43-46-49-52-55-58-64(67)70-61-62(60-69-63(66)57-54-51-48-45-42-21-18-15-12-9-6-3)71-65(68)59-56-53-50-47-44-40-23-20-17-14-11-8-5-2/h20,22-24,26-27,62H,4-19,21,25,28-61H2,1-3H3/b23-20-,24-22-,27-26-. The number of hydrogen-bond acceptors (Lipinski definition) is 6. The zero-order valence-corrected chi connectivity index (χ0v) is 47.8. The Morgan fingerprint density at radius 3 is 0.803 bits per heavy atom. The van der Waals surface area contributed by atoms with Crippen LogP contribution >= 0.6 is 0 Å². The van der Waals surface area contributed by atoms with Crippen LogP contribution in [-0.4, -0.2) is 37.2 Å². The number of rotatable bonds is 58. The Morgan fingerprint density at radius 1 is 0.282 bits per heavy atom. The molecule has 0 amide bonds. The molecule has 6 heteroatoms. The maximum Gasteiger partial charge on any atom is 0.306 e. The van der Waals surface area contributed by atoms with Crippen molar-refractivity contribution in [1.82, 2.24) is 0 Å². The Labute approximate surface area is 442 Å². The summed E-state index contributed by atoms with van der Waals surface area (Å²) in [5.41, 5.74) is 0. The lowest BCUT2D eigenvalue weighted by Crippen LogP contribution is -2.30. The molecule has 0 aromatic rings. The van der Waals surface area contributed by atoms with E-state index in [1.165, 1.54) is 231 Å². The molecule has 0 rings (SSSR count). The molecule has 0 aliphatic heterocycles. The molecule has 0 aliphatic carbocycles. The molecule has 0 aromatic heterocycles. The van der Waals surface area contributed by atoms with E-state index in [1.54, 1.807) is 0 Å². The summed E-state index contributed by atoms with van der Waals surface area (Å²) < 4.78 is 16.9. The molecule has 0 saturated heterocycles. The Balaban J connectivity index is 4.10. The van der Waals surface area contributed by atoms with Crippen LogP contribution in [0.2, 0.25) is 0 Å². The Bertz CT molecular complexity index is 1190. The molecule has 1 unspecified atom stereocenters. The second kappa shape index (κ2) is 60.2. The predicted octanol–water partition coefficient (Wildman–Crippen LogP) is 21.2. The van der Waals surface area contributed by atoms with Gasteiger partial charge in [0.05, 0.1) is 0 Å². The third-order valence-electron chi connectivity index (χ3n) is 14.1. The van der Waals surface area contributed by atoms with Crippen LogP contribution in [0.5, 0.6) is 0 Å². The van der Waals surface area contributed by atoms with Crippen molar-refractivity contribution in [2.75, 3.05) is 13.2 Å². The van der Waals surface area contributed by atoms with Crippen LogP contribution in [0.4, 0.5) is 0 Å². The first kappa shape index (κ1) is 68.6. The summed E-state index contributed by atoms with van der Waals surface area (Å²) in [6.45, 7) is 6.64. The lowest BCUT2D eigenvalue weighted by atomic mass is 10.0. The van der Waals surface area contributed by atoms with E-state index in [0.29, 0.717) is 19.3 Å². The van der Waals surface area contributed by atoms with Gasteiger partial charge >= 0.3 is 17.9 Å². The van der Waals surface area contributed by atoms with Gasteiger partial charge in [-0.2, -0.15) is 0 Å². The zero-order valence-electron chi connectivity index (χ0n) is 47.8. The molecule has 0 fully saturated rings. The van der Waals surface area contributed by atoms with Gasteiger partial charge in [-0.05, 0) is 77.0 Å². The van der Waals surface area contributed by atoms with E-state index < -0.39 is 6.10 Å². The number of hydrogen-bond donors (Lipinski definition) is 0. The van der Waals surface area contributed by atoms with Crippen LogP contribution in [0.15, 0.2) is 36.5 Å². The maximum atomic E-state index is 12.8. The van der Waals surface area contributed by atoms with E-state index in [-0.39, 0.29) is 31.1 Å². The first-order chi connectivity index (χ1) is 35.0. The fourth-order valence-electron chi connectivity index (χ4n) is 9.35. The van der Waals surface area contributed by atoms with Crippen molar-refractivity contribution >= 4 is 17.9 Å². The summed E-state index contributed by atoms with van der Waals surface area (Å²) >= 11 is 0.